The summed E-state index contributed by atoms with van der Waals surface area (Å²) in [7, 11) is 1.84. The van der Waals surface area contributed by atoms with Gasteiger partial charge in [-0.15, -0.1) is 0 Å². The van der Waals surface area contributed by atoms with Crippen molar-refractivity contribution in [1.82, 2.24) is 34.9 Å². The van der Waals surface area contributed by atoms with Crippen LogP contribution >= 0.6 is 0 Å². The molecule has 10 heteroatoms. The zero-order valence-corrected chi connectivity index (χ0v) is 21.0. The molecule has 0 spiro atoms. The molecule has 6 rings (SSSR count). The van der Waals surface area contributed by atoms with E-state index in [1.807, 2.05) is 19.3 Å². The zero-order valence-electron chi connectivity index (χ0n) is 21.0. The molecule has 1 aliphatic rings. The van der Waals surface area contributed by atoms with Gasteiger partial charge < -0.3 is 15.4 Å². The molecule has 0 radical (unpaired) electrons. The minimum Gasteiger partial charge on any atom is -0.395 e. The molecule has 38 heavy (non-hydrogen) atoms. The van der Waals surface area contributed by atoms with E-state index in [-0.39, 0.29) is 18.6 Å². The Morgan fingerprint density at radius 3 is 2.79 bits per heavy atom. The van der Waals surface area contributed by atoms with E-state index in [0.717, 1.165) is 41.5 Å². The first kappa shape index (κ1) is 24.2. The van der Waals surface area contributed by atoms with Gasteiger partial charge in [-0.25, -0.2) is 9.37 Å². The number of aliphatic hydroxyl groups excluding tert-OH is 1. The Labute approximate surface area is 218 Å². The highest BCUT2D eigenvalue weighted by Gasteiger charge is 2.23. The monoisotopic (exact) mass is 513 g/mol. The number of fused-ring (bicyclic) bond motifs is 3. The highest BCUT2D eigenvalue weighted by atomic mass is 19.1. The SMILES string of the molecule is Cn1cc(-c2cc3c(cn2)[nH]c2ncc(F)c(-c4ccc(C(=O)NCCN5CCC[C@H]5CO)cc4)c23)cn1. The maximum Gasteiger partial charge on any atom is 0.251 e. The van der Waals surface area contributed by atoms with E-state index in [2.05, 4.69) is 30.3 Å². The normalized spacial score (nSPS) is 16.0. The van der Waals surface area contributed by atoms with Crippen molar-refractivity contribution in [3.63, 3.8) is 0 Å². The quantitative estimate of drug-likeness (QED) is 0.307. The van der Waals surface area contributed by atoms with E-state index < -0.39 is 5.82 Å². The highest BCUT2D eigenvalue weighted by molar-refractivity contribution is 6.13. The van der Waals surface area contributed by atoms with Crippen LogP contribution in [0, 0.1) is 5.82 Å². The Morgan fingerprint density at radius 2 is 2.03 bits per heavy atom. The van der Waals surface area contributed by atoms with Gasteiger partial charge in [-0.1, -0.05) is 12.1 Å². The number of aromatic nitrogens is 5. The number of pyridine rings is 2. The lowest BCUT2D eigenvalue weighted by Crippen LogP contribution is -2.39. The Morgan fingerprint density at radius 1 is 1.18 bits per heavy atom. The third-order valence-electron chi connectivity index (χ3n) is 7.29. The number of aryl methyl sites for hydroxylation is 1. The van der Waals surface area contributed by atoms with Gasteiger partial charge in [0.2, 0.25) is 0 Å². The van der Waals surface area contributed by atoms with Crippen LogP contribution < -0.4 is 5.32 Å². The number of amides is 1. The fourth-order valence-electron chi connectivity index (χ4n) is 5.33. The van der Waals surface area contributed by atoms with Gasteiger partial charge in [0.05, 0.1) is 36.4 Å². The summed E-state index contributed by atoms with van der Waals surface area (Å²) in [5, 5.41) is 18.1. The number of hydrogen-bond acceptors (Lipinski definition) is 6. The van der Waals surface area contributed by atoms with Gasteiger partial charge in [-0.3, -0.25) is 19.4 Å². The number of nitrogens with zero attached hydrogens (tertiary/aromatic N) is 5. The molecule has 1 aromatic carbocycles. The summed E-state index contributed by atoms with van der Waals surface area (Å²) >= 11 is 0. The predicted octanol–water partition coefficient (Wildman–Crippen LogP) is 3.50. The van der Waals surface area contributed by atoms with Gasteiger partial charge in [0, 0.05) is 59.8 Å². The van der Waals surface area contributed by atoms with Gasteiger partial charge in [0.1, 0.15) is 11.5 Å². The maximum atomic E-state index is 15.3. The minimum atomic E-state index is -0.445. The average molecular weight is 514 g/mol. The van der Waals surface area contributed by atoms with Gasteiger partial charge in [-0.05, 0) is 43.1 Å². The van der Waals surface area contributed by atoms with E-state index in [4.69, 9.17) is 0 Å². The fraction of sp³-hybridized carbons (Fsp3) is 0.286. The van der Waals surface area contributed by atoms with Crippen molar-refractivity contribution >= 4 is 27.8 Å². The number of carbonyl (C=O) groups is 1. The van der Waals surface area contributed by atoms with E-state index in [1.54, 1.807) is 41.3 Å². The third-order valence-corrected chi connectivity index (χ3v) is 7.29. The zero-order chi connectivity index (χ0) is 26.2. The van der Waals surface area contributed by atoms with Crippen molar-refractivity contribution < 1.29 is 14.3 Å². The molecule has 0 aliphatic carbocycles. The first-order chi connectivity index (χ1) is 18.5. The molecule has 9 nitrogen and oxygen atoms in total. The van der Waals surface area contributed by atoms with Crippen LogP contribution in [0.1, 0.15) is 23.2 Å². The molecule has 4 aromatic heterocycles. The Bertz CT molecular complexity index is 1630. The second-order valence-corrected chi connectivity index (χ2v) is 9.70. The number of H-pyrrole nitrogens is 1. The topological polar surface area (TPSA) is 112 Å². The van der Waals surface area contributed by atoms with Crippen LogP contribution in [0.15, 0.2) is 55.1 Å². The second-order valence-electron chi connectivity index (χ2n) is 9.70. The van der Waals surface area contributed by atoms with Crippen molar-refractivity contribution in [1.29, 1.82) is 0 Å². The van der Waals surface area contributed by atoms with E-state index in [0.29, 0.717) is 40.8 Å². The second kappa shape index (κ2) is 9.96. The molecule has 1 atom stereocenters. The molecule has 3 N–H and O–H groups in total. The molecule has 0 saturated carbocycles. The lowest BCUT2D eigenvalue weighted by atomic mass is 9.99. The molecule has 0 unspecified atom stereocenters. The van der Waals surface area contributed by atoms with Crippen LogP contribution in [0.2, 0.25) is 0 Å². The first-order valence-corrected chi connectivity index (χ1v) is 12.7. The standard InChI is InChI=1S/C28H28FN7O2/c1-35-15-19(12-33-35)23-11-21-24(14-31-23)34-27-26(21)25(22(29)13-32-27)17-4-6-18(7-5-17)28(38)30-8-10-36-9-2-3-20(36)16-37/h4-7,11-15,20,37H,2-3,8-10,16H2,1H3,(H,30,38)(H,32,34)/t20-/m0/s1. The van der Waals surface area contributed by atoms with Gasteiger partial charge in [0.15, 0.2) is 0 Å². The van der Waals surface area contributed by atoms with Crippen LogP contribution in [0.3, 0.4) is 0 Å². The number of nitrogens with one attached hydrogen (secondary N) is 2. The van der Waals surface area contributed by atoms with Crippen LogP contribution in [-0.2, 0) is 7.05 Å². The summed E-state index contributed by atoms with van der Waals surface area (Å²) in [4.78, 5) is 27.0. The molecular formula is C28H28FN7O2. The van der Waals surface area contributed by atoms with E-state index in [1.165, 1.54) is 6.20 Å². The summed E-state index contributed by atoms with van der Waals surface area (Å²) in [6.07, 6.45) is 8.60. The summed E-state index contributed by atoms with van der Waals surface area (Å²) in [5.74, 6) is -0.629. The van der Waals surface area contributed by atoms with Crippen molar-refractivity contribution in [3.8, 4) is 22.4 Å². The van der Waals surface area contributed by atoms with Crippen molar-refractivity contribution in [2.75, 3.05) is 26.2 Å². The number of rotatable bonds is 7. The highest BCUT2D eigenvalue weighted by Crippen LogP contribution is 2.36. The van der Waals surface area contributed by atoms with Crippen LogP contribution in [-0.4, -0.2) is 72.9 Å². The average Bonchev–Trinajstić information content (AvgIpc) is 3.66. The molecule has 1 saturated heterocycles. The number of aliphatic hydroxyl groups is 1. The number of aromatic amines is 1. The Hall–Kier alpha value is -4.15. The van der Waals surface area contributed by atoms with Crippen molar-refractivity contribution in [2.24, 2.45) is 7.05 Å². The number of hydrogen-bond donors (Lipinski definition) is 3. The fourth-order valence-corrected chi connectivity index (χ4v) is 5.33. The maximum absolute atomic E-state index is 15.3. The molecule has 1 amide bonds. The number of benzene rings is 1. The molecule has 5 aromatic rings. The number of halogens is 1. The molecule has 0 bridgehead atoms. The summed E-state index contributed by atoms with van der Waals surface area (Å²) < 4.78 is 17.0. The third kappa shape index (κ3) is 4.42. The van der Waals surface area contributed by atoms with Gasteiger partial charge >= 0.3 is 0 Å². The summed E-state index contributed by atoms with van der Waals surface area (Å²) in [6.45, 7) is 2.28. The van der Waals surface area contributed by atoms with Crippen molar-refractivity contribution in [2.45, 2.75) is 18.9 Å². The van der Waals surface area contributed by atoms with Gasteiger partial charge in [-0.2, -0.15) is 5.10 Å². The minimum absolute atomic E-state index is 0.145. The largest absolute Gasteiger partial charge is 0.395 e. The van der Waals surface area contributed by atoms with Crippen LogP contribution in [0.25, 0.3) is 44.3 Å². The summed E-state index contributed by atoms with van der Waals surface area (Å²) in [5.41, 5.74) is 4.47. The van der Waals surface area contributed by atoms with Gasteiger partial charge in [0.25, 0.3) is 5.91 Å². The first-order valence-electron chi connectivity index (χ1n) is 12.7. The smallest absolute Gasteiger partial charge is 0.251 e. The summed E-state index contributed by atoms with van der Waals surface area (Å²) in [6, 6.07) is 9.03. The number of likely N-dealkylation sites (tertiary alicyclic amines) is 1. The number of carbonyl (C=O) groups excluding carboxylic acids is 1. The molecule has 5 heterocycles. The van der Waals surface area contributed by atoms with Crippen molar-refractivity contribution in [3.05, 3.63) is 66.5 Å². The predicted molar refractivity (Wildman–Crippen MR) is 143 cm³/mol. The Kier molecular flexibility index (Phi) is 6.34. The molecule has 1 aliphatic heterocycles. The molecule has 1 fully saturated rings. The lowest BCUT2D eigenvalue weighted by Gasteiger charge is -2.22. The van der Waals surface area contributed by atoms with E-state index in [9.17, 15) is 9.90 Å². The van der Waals surface area contributed by atoms with Crippen LogP contribution in [0.4, 0.5) is 4.39 Å². The van der Waals surface area contributed by atoms with Crippen LogP contribution in [0.5, 0.6) is 0 Å². The lowest BCUT2D eigenvalue weighted by molar-refractivity contribution is 0.0943. The van der Waals surface area contributed by atoms with E-state index >= 15 is 4.39 Å². The molecular weight excluding hydrogens is 485 g/mol. The molecule has 194 valence electrons. The Balaban J connectivity index is 1.28.